The van der Waals surface area contributed by atoms with Crippen LogP contribution >= 0.6 is 0 Å². The lowest BCUT2D eigenvalue weighted by Crippen LogP contribution is -2.54. The van der Waals surface area contributed by atoms with Gasteiger partial charge in [0.15, 0.2) is 0 Å². The number of carbonyl (C=O) groups excluding carboxylic acids is 1. The predicted molar refractivity (Wildman–Crippen MR) is 93.6 cm³/mol. The lowest BCUT2D eigenvalue weighted by atomic mass is 9.90. The first-order valence-electron chi connectivity index (χ1n) is 8.40. The van der Waals surface area contributed by atoms with E-state index < -0.39 is 17.3 Å². The molecule has 0 saturated carbocycles. The fourth-order valence-electron chi connectivity index (χ4n) is 2.70. The molecule has 1 aliphatic heterocycles. The van der Waals surface area contributed by atoms with Crippen LogP contribution in [0, 0.1) is 0 Å². The third-order valence-electron chi connectivity index (χ3n) is 4.35. The average molecular weight is 380 g/mol. The Labute approximate surface area is 154 Å². The number of nitrogens with one attached hydrogen (secondary N) is 1. The van der Waals surface area contributed by atoms with Crippen LogP contribution in [0.15, 0.2) is 48.5 Å². The smallest absolute Gasteiger partial charge is 0.416 e. The summed E-state index contributed by atoms with van der Waals surface area (Å²) in [5.74, 6) is 0.128. The number of ether oxygens (including phenoxy) is 2. The van der Waals surface area contributed by atoms with Gasteiger partial charge in [0, 0.05) is 18.9 Å². The summed E-state index contributed by atoms with van der Waals surface area (Å²) < 4.78 is 48.9. The summed E-state index contributed by atoms with van der Waals surface area (Å²) in [7, 11) is 0. The first-order valence-corrected chi connectivity index (χ1v) is 8.40. The topological polar surface area (TPSA) is 73.6 Å². The van der Waals surface area contributed by atoms with E-state index in [0.717, 1.165) is 12.1 Å². The lowest BCUT2D eigenvalue weighted by Gasteiger charge is -2.31. The van der Waals surface area contributed by atoms with Gasteiger partial charge < -0.3 is 20.5 Å². The van der Waals surface area contributed by atoms with Crippen LogP contribution in [0.5, 0.6) is 11.5 Å². The first kappa shape index (κ1) is 19.2. The van der Waals surface area contributed by atoms with Gasteiger partial charge in [0.2, 0.25) is 5.91 Å². The summed E-state index contributed by atoms with van der Waals surface area (Å²) in [6, 6.07) is 10.9. The molecule has 0 unspecified atom stereocenters. The number of amides is 1. The normalized spacial score (nSPS) is 16.6. The van der Waals surface area contributed by atoms with Crippen molar-refractivity contribution in [3.63, 3.8) is 0 Å². The largest absolute Gasteiger partial charge is 0.457 e. The summed E-state index contributed by atoms with van der Waals surface area (Å²) in [5, 5.41) is 2.75. The molecule has 144 valence electrons. The molecule has 0 aliphatic carbocycles. The molecule has 0 radical (unpaired) electrons. The van der Waals surface area contributed by atoms with E-state index in [1.165, 1.54) is 12.1 Å². The summed E-state index contributed by atoms with van der Waals surface area (Å²) in [4.78, 5) is 12.4. The highest BCUT2D eigenvalue weighted by molar-refractivity contribution is 5.98. The molecule has 1 fully saturated rings. The number of alkyl halides is 3. The van der Waals surface area contributed by atoms with Gasteiger partial charge in [0.25, 0.3) is 0 Å². The van der Waals surface area contributed by atoms with Crippen LogP contribution in [0.1, 0.15) is 18.4 Å². The van der Waals surface area contributed by atoms with Crippen LogP contribution in [-0.4, -0.2) is 24.7 Å². The minimum absolute atomic E-state index is 0.0738. The number of hydrogen-bond donors (Lipinski definition) is 2. The zero-order valence-corrected chi connectivity index (χ0v) is 14.4. The van der Waals surface area contributed by atoms with E-state index >= 15 is 0 Å². The summed E-state index contributed by atoms with van der Waals surface area (Å²) >= 11 is 0. The molecule has 5 nitrogen and oxygen atoms in total. The maximum atomic E-state index is 12.8. The Morgan fingerprint density at radius 1 is 1.07 bits per heavy atom. The molecule has 8 heteroatoms. The number of anilines is 1. The number of halogens is 3. The van der Waals surface area contributed by atoms with Gasteiger partial charge in [-0.05, 0) is 55.3 Å². The minimum atomic E-state index is -4.43. The average Bonchev–Trinajstić information content (AvgIpc) is 2.63. The summed E-state index contributed by atoms with van der Waals surface area (Å²) in [5.41, 5.74) is 4.89. The van der Waals surface area contributed by atoms with Crippen LogP contribution in [0.2, 0.25) is 0 Å². The molecule has 0 spiro atoms. The Balaban J connectivity index is 1.65. The Bertz CT molecular complexity index is 801. The van der Waals surface area contributed by atoms with Gasteiger partial charge in [-0.2, -0.15) is 13.2 Å². The molecule has 0 aromatic heterocycles. The number of carbonyl (C=O) groups is 1. The molecular weight excluding hydrogens is 361 g/mol. The number of rotatable bonds is 4. The predicted octanol–water partition coefficient (Wildman–Crippen LogP) is 3.94. The maximum absolute atomic E-state index is 12.8. The van der Waals surface area contributed by atoms with Gasteiger partial charge in [-0.1, -0.05) is 6.07 Å². The van der Waals surface area contributed by atoms with Gasteiger partial charge in [-0.25, -0.2) is 0 Å². The van der Waals surface area contributed by atoms with Crippen LogP contribution in [-0.2, 0) is 15.7 Å². The van der Waals surface area contributed by atoms with Crippen molar-refractivity contribution in [3.8, 4) is 11.5 Å². The van der Waals surface area contributed by atoms with Crippen molar-refractivity contribution in [1.29, 1.82) is 0 Å². The fraction of sp³-hybridized carbons (Fsp3) is 0.316. The van der Waals surface area contributed by atoms with E-state index in [4.69, 9.17) is 15.2 Å². The number of hydrogen-bond acceptors (Lipinski definition) is 4. The van der Waals surface area contributed by atoms with Crippen molar-refractivity contribution in [2.75, 3.05) is 18.5 Å². The quantitative estimate of drug-likeness (QED) is 0.843. The Hall–Kier alpha value is -2.58. The first-order chi connectivity index (χ1) is 12.8. The highest BCUT2D eigenvalue weighted by Crippen LogP contribution is 2.33. The Morgan fingerprint density at radius 3 is 2.37 bits per heavy atom. The molecule has 2 aromatic carbocycles. The van der Waals surface area contributed by atoms with Gasteiger partial charge >= 0.3 is 6.18 Å². The molecule has 0 atom stereocenters. The zero-order chi connectivity index (χ0) is 19.5. The monoisotopic (exact) mass is 380 g/mol. The summed E-state index contributed by atoms with van der Waals surface area (Å²) in [6.07, 6.45) is -3.55. The fourth-order valence-corrected chi connectivity index (χ4v) is 2.70. The van der Waals surface area contributed by atoms with Crippen LogP contribution in [0.25, 0.3) is 0 Å². The Morgan fingerprint density at radius 2 is 1.74 bits per heavy atom. The highest BCUT2D eigenvalue weighted by atomic mass is 19.4. The van der Waals surface area contributed by atoms with Gasteiger partial charge in [0.1, 0.15) is 17.0 Å². The molecule has 1 heterocycles. The third kappa shape index (κ3) is 4.78. The van der Waals surface area contributed by atoms with Crippen molar-refractivity contribution >= 4 is 11.6 Å². The molecule has 1 aliphatic rings. The van der Waals surface area contributed by atoms with Crippen LogP contribution < -0.4 is 15.8 Å². The molecule has 3 rings (SSSR count). The lowest BCUT2D eigenvalue weighted by molar-refractivity contribution is -0.137. The van der Waals surface area contributed by atoms with Crippen molar-refractivity contribution in [2.45, 2.75) is 24.6 Å². The standard InChI is InChI=1S/C19H19F3N2O3/c20-19(21,22)13-2-1-3-16(12-13)27-15-6-4-14(5-7-15)24-17(25)18(23)8-10-26-11-9-18/h1-7,12H,8-11,23H2,(H,24,25). The van der Waals surface area contributed by atoms with E-state index in [1.807, 2.05) is 0 Å². The van der Waals surface area contributed by atoms with E-state index in [0.29, 0.717) is 37.5 Å². The van der Waals surface area contributed by atoms with E-state index in [9.17, 15) is 18.0 Å². The van der Waals surface area contributed by atoms with Crippen molar-refractivity contribution < 1.29 is 27.4 Å². The molecule has 2 aromatic rings. The van der Waals surface area contributed by atoms with E-state index in [1.54, 1.807) is 24.3 Å². The molecule has 1 amide bonds. The van der Waals surface area contributed by atoms with Crippen LogP contribution in [0.4, 0.5) is 18.9 Å². The summed E-state index contributed by atoms with van der Waals surface area (Å²) in [6.45, 7) is 0.876. The van der Waals surface area contributed by atoms with E-state index in [2.05, 4.69) is 5.32 Å². The minimum Gasteiger partial charge on any atom is -0.457 e. The van der Waals surface area contributed by atoms with Crippen molar-refractivity contribution in [1.82, 2.24) is 0 Å². The second-order valence-electron chi connectivity index (χ2n) is 6.37. The van der Waals surface area contributed by atoms with Crippen LogP contribution in [0.3, 0.4) is 0 Å². The maximum Gasteiger partial charge on any atom is 0.416 e. The van der Waals surface area contributed by atoms with Gasteiger partial charge in [-0.3, -0.25) is 4.79 Å². The van der Waals surface area contributed by atoms with Crippen molar-refractivity contribution in [2.24, 2.45) is 5.73 Å². The van der Waals surface area contributed by atoms with Gasteiger partial charge in [0.05, 0.1) is 5.56 Å². The molecule has 0 bridgehead atoms. The zero-order valence-electron chi connectivity index (χ0n) is 14.4. The molecule has 27 heavy (non-hydrogen) atoms. The molecule has 3 N–H and O–H groups in total. The SMILES string of the molecule is NC1(C(=O)Nc2ccc(Oc3cccc(C(F)(F)F)c3)cc2)CCOCC1. The highest BCUT2D eigenvalue weighted by Gasteiger charge is 2.36. The Kier molecular flexibility index (Phi) is 5.38. The molecule has 1 saturated heterocycles. The molecular formula is C19H19F3N2O3. The second kappa shape index (κ2) is 7.58. The third-order valence-corrected chi connectivity index (χ3v) is 4.35. The van der Waals surface area contributed by atoms with Crippen molar-refractivity contribution in [3.05, 3.63) is 54.1 Å². The van der Waals surface area contributed by atoms with Gasteiger partial charge in [-0.15, -0.1) is 0 Å². The second-order valence-corrected chi connectivity index (χ2v) is 6.37. The number of nitrogens with two attached hydrogens (primary N) is 1. The number of benzene rings is 2. The van der Waals surface area contributed by atoms with E-state index in [-0.39, 0.29) is 11.7 Å².